The van der Waals surface area contributed by atoms with Crippen molar-refractivity contribution in [2.24, 2.45) is 0 Å². The van der Waals surface area contributed by atoms with Gasteiger partial charge in [0, 0.05) is 26.7 Å². The molecule has 100 valence electrons. The first-order valence-electron chi connectivity index (χ1n) is 5.99. The van der Waals surface area contributed by atoms with Crippen LogP contribution in [0.1, 0.15) is 18.4 Å². The molecule has 2 rings (SSSR count). The van der Waals surface area contributed by atoms with E-state index < -0.39 is 10.0 Å². The van der Waals surface area contributed by atoms with Crippen LogP contribution in [0.5, 0.6) is 0 Å². The average Bonchev–Trinajstić information content (AvgIpc) is 3.09. The van der Waals surface area contributed by atoms with Gasteiger partial charge in [0.1, 0.15) is 0 Å². The Kier molecular flexibility index (Phi) is 4.01. The number of hydrogen-bond donors (Lipinski definition) is 2. The first-order valence-corrected chi connectivity index (χ1v) is 7.48. The third-order valence-corrected chi connectivity index (χ3v) is 4.16. The number of hydrazine groups is 1. The number of hydrogen-bond acceptors (Lipinski definition) is 4. The highest BCUT2D eigenvalue weighted by Gasteiger charge is 2.20. The van der Waals surface area contributed by atoms with E-state index in [1.807, 2.05) is 6.07 Å². The van der Waals surface area contributed by atoms with Crippen LogP contribution in [0.15, 0.2) is 29.2 Å². The summed E-state index contributed by atoms with van der Waals surface area (Å²) in [4.78, 5) is 2.72. The van der Waals surface area contributed by atoms with Crippen LogP contribution in [0.25, 0.3) is 0 Å². The van der Waals surface area contributed by atoms with Gasteiger partial charge in [-0.2, -0.15) is 0 Å². The van der Waals surface area contributed by atoms with Crippen LogP contribution in [-0.2, 0) is 16.6 Å². The summed E-state index contributed by atoms with van der Waals surface area (Å²) < 4.78 is 23.9. The van der Waals surface area contributed by atoms with Crippen molar-refractivity contribution in [3.8, 4) is 0 Å². The Bertz CT molecular complexity index is 510. The second-order valence-corrected chi connectivity index (χ2v) is 6.45. The second kappa shape index (κ2) is 5.36. The number of rotatable bonds is 6. The first kappa shape index (κ1) is 13.5. The molecular formula is C12H19N3O2S. The molecule has 6 heteroatoms. The standard InChI is InChI=1S/C12H19N3O2S/c1-15(2)14-18(16,17)12-5-3-4-10(8-12)9-13-11-6-7-11/h3-5,8,11,13-14H,6-7,9H2,1-2H3. The third-order valence-electron chi connectivity index (χ3n) is 2.68. The summed E-state index contributed by atoms with van der Waals surface area (Å²) in [5, 5.41) is 4.79. The highest BCUT2D eigenvalue weighted by Crippen LogP contribution is 2.19. The van der Waals surface area contributed by atoms with Crippen molar-refractivity contribution in [3.63, 3.8) is 0 Å². The quantitative estimate of drug-likeness (QED) is 0.746. The van der Waals surface area contributed by atoms with Gasteiger partial charge >= 0.3 is 0 Å². The molecule has 0 aliphatic heterocycles. The van der Waals surface area contributed by atoms with Gasteiger partial charge in [-0.1, -0.05) is 12.1 Å². The van der Waals surface area contributed by atoms with Gasteiger partial charge in [-0.3, -0.25) is 0 Å². The summed E-state index contributed by atoms with van der Waals surface area (Å²) in [6.07, 6.45) is 2.44. The van der Waals surface area contributed by atoms with Crippen molar-refractivity contribution in [2.75, 3.05) is 14.1 Å². The fraction of sp³-hybridized carbons (Fsp3) is 0.500. The summed E-state index contributed by atoms with van der Waals surface area (Å²) in [5.74, 6) is 0. The molecule has 1 aromatic carbocycles. The Morgan fingerprint density at radius 1 is 1.33 bits per heavy atom. The van der Waals surface area contributed by atoms with E-state index in [1.165, 1.54) is 17.9 Å². The van der Waals surface area contributed by atoms with Gasteiger partial charge in [0.25, 0.3) is 10.0 Å². The minimum atomic E-state index is -3.46. The van der Waals surface area contributed by atoms with E-state index in [-0.39, 0.29) is 0 Å². The summed E-state index contributed by atoms with van der Waals surface area (Å²) in [6.45, 7) is 0.718. The molecule has 0 spiro atoms. The highest BCUT2D eigenvalue weighted by molar-refractivity contribution is 7.89. The van der Waals surface area contributed by atoms with Crippen LogP contribution in [-0.4, -0.2) is 33.6 Å². The molecule has 0 atom stereocenters. The van der Waals surface area contributed by atoms with Crippen molar-refractivity contribution in [3.05, 3.63) is 29.8 Å². The number of benzene rings is 1. The fourth-order valence-electron chi connectivity index (χ4n) is 1.67. The molecule has 1 aliphatic rings. The normalized spacial score (nSPS) is 16.2. The zero-order chi connectivity index (χ0) is 13.2. The van der Waals surface area contributed by atoms with E-state index in [0.717, 1.165) is 12.1 Å². The molecule has 0 aromatic heterocycles. The zero-order valence-electron chi connectivity index (χ0n) is 10.7. The molecule has 1 saturated carbocycles. The van der Waals surface area contributed by atoms with Crippen LogP contribution in [0.2, 0.25) is 0 Å². The topological polar surface area (TPSA) is 61.4 Å². The van der Waals surface area contributed by atoms with Crippen molar-refractivity contribution >= 4 is 10.0 Å². The SMILES string of the molecule is CN(C)NS(=O)(=O)c1cccc(CNC2CC2)c1. The molecule has 0 saturated heterocycles. The predicted octanol–water partition coefficient (Wildman–Crippen LogP) is 0.693. The number of nitrogens with zero attached hydrogens (tertiary/aromatic N) is 1. The average molecular weight is 269 g/mol. The highest BCUT2D eigenvalue weighted by atomic mass is 32.2. The summed E-state index contributed by atoms with van der Waals surface area (Å²) in [7, 11) is -0.159. The van der Waals surface area contributed by atoms with E-state index in [9.17, 15) is 8.42 Å². The summed E-state index contributed by atoms with van der Waals surface area (Å²) in [5.41, 5.74) is 0.989. The lowest BCUT2D eigenvalue weighted by Crippen LogP contribution is -2.36. The molecular weight excluding hydrogens is 250 g/mol. The Morgan fingerprint density at radius 3 is 2.67 bits per heavy atom. The van der Waals surface area contributed by atoms with E-state index in [0.29, 0.717) is 10.9 Å². The Morgan fingerprint density at radius 2 is 2.06 bits per heavy atom. The van der Waals surface area contributed by atoms with Gasteiger partial charge in [0.2, 0.25) is 0 Å². The van der Waals surface area contributed by atoms with Crippen LogP contribution in [0.4, 0.5) is 0 Å². The molecule has 0 heterocycles. The smallest absolute Gasteiger partial charge is 0.253 e. The Balaban J connectivity index is 2.09. The Labute approximate surface area is 108 Å². The van der Waals surface area contributed by atoms with Crippen molar-refractivity contribution in [2.45, 2.75) is 30.3 Å². The van der Waals surface area contributed by atoms with E-state index in [1.54, 1.807) is 32.3 Å². The van der Waals surface area contributed by atoms with Gasteiger partial charge < -0.3 is 5.32 Å². The van der Waals surface area contributed by atoms with Gasteiger partial charge in [0.15, 0.2) is 0 Å². The second-order valence-electron chi connectivity index (χ2n) is 4.79. The van der Waals surface area contributed by atoms with Crippen LogP contribution >= 0.6 is 0 Å². The lowest BCUT2D eigenvalue weighted by molar-refractivity contribution is 0.364. The largest absolute Gasteiger partial charge is 0.310 e. The molecule has 1 aromatic rings. The van der Waals surface area contributed by atoms with Gasteiger partial charge in [-0.05, 0) is 30.5 Å². The first-order chi connectivity index (χ1) is 8.47. The van der Waals surface area contributed by atoms with Gasteiger partial charge in [-0.25, -0.2) is 13.4 Å². The molecule has 1 aliphatic carbocycles. The minimum absolute atomic E-state index is 0.297. The monoisotopic (exact) mass is 269 g/mol. The van der Waals surface area contributed by atoms with Gasteiger partial charge in [-0.15, -0.1) is 4.83 Å². The van der Waals surface area contributed by atoms with Crippen LogP contribution < -0.4 is 10.1 Å². The molecule has 0 amide bonds. The molecule has 0 unspecified atom stereocenters. The van der Waals surface area contributed by atoms with Crippen LogP contribution in [0.3, 0.4) is 0 Å². The zero-order valence-corrected chi connectivity index (χ0v) is 11.5. The van der Waals surface area contributed by atoms with E-state index >= 15 is 0 Å². The maximum atomic E-state index is 12.0. The lowest BCUT2D eigenvalue weighted by atomic mass is 10.2. The van der Waals surface area contributed by atoms with Crippen molar-refractivity contribution in [1.29, 1.82) is 0 Å². The summed E-state index contributed by atoms with van der Waals surface area (Å²) in [6, 6.07) is 7.64. The molecule has 18 heavy (non-hydrogen) atoms. The fourth-order valence-corrected chi connectivity index (χ4v) is 2.82. The molecule has 2 N–H and O–H groups in total. The summed E-state index contributed by atoms with van der Waals surface area (Å²) >= 11 is 0. The van der Waals surface area contributed by atoms with Crippen molar-refractivity contribution in [1.82, 2.24) is 15.2 Å². The number of nitrogens with one attached hydrogen (secondary N) is 2. The predicted molar refractivity (Wildman–Crippen MR) is 70.3 cm³/mol. The molecule has 0 bridgehead atoms. The van der Waals surface area contributed by atoms with E-state index in [4.69, 9.17) is 0 Å². The lowest BCUT2D eigenvalue weighted by Gasteiger charge is -2.13. The molecule has 5 nitrogen and oxygen atoms in total. The van der Waals surface area contributed by atoms with Crippen LogP contribution in [0, 0.1) is 0 Å². The minimum Gasteiger partial charge on any atom is -0.310 e. The van der Waals surface area contributed by atoms with E-state index in [2.05, 4.69) is 10.1 Å². The maximum Gasteiger partial charge on any atom is 0.253 e. The maximum absolute atomic E-state index is 12.0. The molecule has 0 radical (unpaired) electrons. The Hall–Kier alpha value is -0.950. The van der Waals surface area contributed by atoms with Gasteiger partial charge in [0.05, 0.1) is 4.90 Å². The third kappa shape index (κ3) is 3.78. The molecule has 1 fully saturated rings. The number of sulfonamides is 1. The van der Waals surface area contributed by atoms with Crippen molar-refractivity contribution < 1.29 is 8.42 Å².